The largest absolute Gasteiger partial charge is 0.370 e. The van der Waals surface area contributed by atoms with Crippen molar-refractivity contribution >= 4 is 34.9 Å². The molecule has 1 aromatic heterocycles. The number of pyridine rings is 1. The van der Waals surface area contributed by atoms with Gasteiger partial charge in [0.25, 0.3) is 0 Å². The number of rotatable bonds is 5. The first-order valence-corrected chi connectivity index (χ1v) is 6.83. The Morgan fingerprint density at radius 2 is 2.37 bits per heavy atom. The van der Waals surface area contributed by atoms with Crippen molar-refractivity contribution in [3.63, 3.8) is 0 Å². The van der Waals surface area contributed by atoms with Crippen molar-refractivity contribution in [2.45, 2.75) is 19.8 Å². The van der Waals surface area contributed by atoms with Gasteiger partial charge in [0.1, 0.15) is 0 Å². The molecule has 0 saturated carbocycles. The molecular weight excluding hydrogens is 282 g/mol. The molecule has 19 heavy (non-hydrogen) atoms. The van der Waals surface area contributed by atoms with E-state index in [4.69, 9.17) is 35.0 Å². The molecule has 0 unspecified atom stereocenters. The molecule has 0 aromatic carbocycles. The number of thiocarbonyl (C=S) groups is 1. The van der Waals surface area contributed by atoms with E-state index >= 15 is 0 Å². The van der Waals surface area contributed by atoms with Crippen LogP contribution in [0.5, 0.6) is 0 Å². The zero-order chi connectivity index (χ0) is 14.3. The minimum atomic E-state index is -0.0827. The van der Waals surface area contributed by atoms with Crippen LogP contribution in [0, 0.1) is 5.41 Å². The minimum Gasteiger partial charge on any atom is -0.370 e. The Morgan fingerprint density at radius 3 is 2.95 bits per heavy atom. The Balaban J connectivity index is 2.62. The van der Waals surface area contributed by atoms with Gasteiger partial charge in [0, 0.05) is 25.7 Å². The Hall–Kier alpha value is -1.40. The van der Waals surface area contributed by atoms with Gasteiger partial charge < -0.3 is 11.1 Å². The number of nitrogens with zero attached hydrogens (tertiary/aromatic N) is 2. The molecule has 0 atom stereocenters. The molecule has 0 spiro atoms. The molecule has 0 aliphatic carbocycles. The van der Waals surface area contributed by atoms with Crippen LogP contribution in [0.15, 0.2) is 18.3 Å². The Bertz CT molecular complexity index is 452. The highest BCUT2D eigenvalue weighted by molar-refractivity contribution is 7.80. The molecule has 0 aliphatic heterocycles. The van der Waals surface area contributed by atoms with Gasteiger partial charge in [0.05, 0.1) is 10.7 Å². The molecule has 1 aromatic rings. The first kappa shape index (κ1) is 15.7. The monoisotopic (exact) mass is 299 g/mol. The topological polar surface area (TPSA) is 78.0 Å². The van der Waals surface area contributed by atoms with Crippen LogP contribution < -0.4 is 11.1 Å². The molecule has 0 saturated heterocycles. The number of nitrogens with one attached hydrogen (secondary N) is 2. The zero-order valence-corrected chi connectivity index (χ0v) is 12.4. The molecule has 0 amide bonds. The number of nitrogens with two attached hydrogens (primary N) is 1. The number of halogens is 1. The Kier molecular flexibility index (Phi) is 6.52. The summed E-state index contributed by atoms with van der Waals surface area (Å²) in [6.45, 7) is 3.27. The van der Waals surface area contributed by atoms with E-state index in [0.29, 0.717) is 23.1 Å². The van der Waals surface area contributed by atoms with Crippen molar-refractivity contribution in [3.8, 4) is 0 Å². The summed E-state index contributed by atoms with van der Waals surface area (Å²) < 4.78 is 0. The van der Waals surface area contributed by atoms with Gasteiger partial charge in [-0.3, -0.25) is 15.3 Å². The lowest BCUT2D eigenvalue weighted by Gasteiger charge is -2.23. The van der Waals surface area contributed by atoms with E-state index in [2.05, 4.69) is 10.3 Å². The fourth-order valence-corrected chi connectivity index (χ4v) is 1.99. The summed E-state index contributed by atoms with van der Waals surface area (Å²) >= 11 is 11.2. The Labute approximate surface area is 123 Å². The molecule has 104 valence electrons. The van der Waals surface area contributed by atoms with Gasteiger partial charge in [-0.25, -0.2) is 0 Å². The number of aromatic nitrogens is 1. The van der Waals surface area contributed by atoms with E-state index in [1.54, 1.807) is 18.3 Å². The average molecular weight is 300 g/mol. The SMILES string of the molecule is CCCNC(=S)N(CCc1ncccc1Cl)C(=N)N. The fourth-order valence-electron chi connectivity index (χ4n) is 1.48. The Morgan fingerprint density at radius 1 is 1.63 bits per heavy atom. The molecule has 5 nitrogen and oxygen atoms in total. The third-order valence-corrected chi connectivity index (χ3v) is 3.18. The summed E-state index contributed by atoms with van der Waals surface area (Å²) in [5, 5.41) is 11.7. The van der Waals surface area contributed by atoms with Crippen LogP contribution in [-0.2, 0) is 6.42 Å². The van der Waals surface area contributed by atoms with Crippen LogP contribution in [0.4, 0.5) is 0 Å². The van der Waals surface area contributed by atoms with Crippen LogP contribution >= 0.6 is 23.8 Å². The van der Waals surface area contributed by atoms with E-state index < -0.39 is 0 Å². The van der Waals surface area contributed by atoms with Crippen molar-refractivity contribution in [3.05, 3.63) is 29.0 Å². The van der Waals surface area contributed by atoms with E-state index in [1.165, 1.54) is 4.90 Å². The quantitative estimate of drug-likeness (QED) is 0.439. The second-order valence-electron chi connectivity index (χ2n) is 3.95. The van der Waals surface area contributed by atoms with Gasteiger partial charge in [-0.05, 0) is 30.8 Å². The van der Waals surface area contributed by atoms with Crippen molar-refractivity contribution in [2.75, 3.05) is 13.1 Å². The second-order valence-corrected chi connectivity index (χ2v) is 4.74. The van der Waals surface area contributed by atoms with E-state index in [1.807, 2.05) is 6.92 Å². The predicted octanol–water partition coefficient (Wildman–Crippen LogP) is 1.76. The maximum atomic E-state index is 7.56. The van der Waals surface area contributed by atoms with Gasteiger partial charge in [-0.1, -0.05) is 18.5 Å². The van der Waals surface area contributed by atoms with Crippen LogP contribution in [0.25, 0.3) is 0 Å². The van der Waals surface area contributed by atoms with Gasteiger partial charge >= 0.3 is 0 Å². The zero-order valence-electron chi connectivity index (χ0n) is 10.8. The summed E-state index contributed by atoms with van der Waals surface area (Å²) in [5.41, 5.74) is 6.31. The maximum Gasteiger partial charge on any atom is 0.194 e. The summed E-state index contributed by atoms with van der Waals surface area (Å²) in [6, 6.07) is 3.57. The van der Waals surface area contributed by atoms with Gasteiger partial charge in [-0.15, -0.1) is 0 Å². The van der Waals surface area contributed by atoms with Crippen molar-refractivity contribution in [1.29, 1.82) is 5.41 Å². The second kappa shape index (κ2) is 7.91. The summed E-state index contributed by atoms with van der Waals surface area (Å²) in [4.78, 5) is 5.74. The highest BCUT2D eigenvalue weighted by atomic mass is 35.5. The van der Waals surface area contributed by atoms with Gasteiger partial charge in [0.15, 0.2) is 11.1 Å². The molecule has 0 radical (unpaired) electrons. The van der Waals surface area contributed by atoms with Crippen LogP contribution in [0.2, 0.25) is 5.02 Å². The standard InChI is InChI=1S/C12H18ClN5S/c1-2-6-17-12(19)18(11(14)15)8-5-10-9(13)4-3-7-16-10/h3-4,7H,2,5-6,8H2,1H3,(H3,14,15)(H,17,19). The fraction of sp³-hybridized carbons (Fsp3) is 0.417. The number of hydrogen-bond donors (Lipinski definition) is 3. The lowest BCUT2D eigenvalue weighted by atomic mass is 10.2. The molecule has 4 N–H and O–H groups in total. The normalized spacial score (nSPS) is 10.0. The van der Waals surface area contributed by atoms with Crippen molar-refractivity contribution < 1.29 is 0 Å². The summed E-state index contributed by atoms with van der Waals surface area (Å²) in [7, 11) is 0. The third kappa shape index (κ3) is 5.00. The van der Waals surface area contributed by atoms with Crippen LogP contribution in [-0.4, -0.2) is 34.0 Å². The molecule has 1 heterocycles. The average Bonchev–Trinajstić information content (AvgIpc) is 2.38. The first-order chi connectivity index (χ1) is 9.06. The van der Waals surface area contributed by atoms with Gasteiger partial charge in [0.2, 0.25) is 0 Å². The molecule has 0 fully saturated rings. The predicted molar refractivity (Wildman–Crippen MR) is 82.5 cm³/mol. The van der Waals surface area contributed by atoms with E-state index in [0.717, 1.165) is 18.7 Å². The highest BCUT2D eigenvalue weighted by Crippen LogP contribution is 2.12. The van der Waals surface area contributed by atoms with Crippen molar-refractivity contribution in [2.24, 2.45) is 5.73 Å². The van der Waals surface area contributed by atoms with Crippen LogP contribution in [0.3, 0.4) is 0 Å². The lowest BCUT2D eigenvalue weighted by molar-refractivity contribution is 0.573. The van der Waals surface area contributed by atoms with Gasteiger partial charge in [-0.2, -0.15) is 0 Å². The molecule has 1 rings (SSSR count). The summed E-state index contributed by atoms with van der Waals surface area (Å²) in [6.07, 6.45) is 3.22. The minimum absolute atomic E-state index is 0.0827. The molecule has 0 bridgehead atoms. The van der Waals surface area contributed by atoms with Crippen LogP contribution in [0.1, 0.15) is 19.0 Å². The third-order valence-electron chi connectivity index (χ3n) is 2.47. The highest BCUT2D eigenvalue weighted by Gasteiger charge is 2.13. The smallest absolute Gasteiger partial charge is 0.194 e. The van der Waals surface area contributed by atoms with E-state index in [-0.39, 0.29) is 5.96 Å². The molecule has 0 aliphatic rings. The summed E-state index contributed by atoms with van der Waals surface area (Å²) in [5.74, 6) is -0.0827. The maximum absolute atomic E-state index is 7.56. The lowest BCUT2D eigenvalue weighted by Crippen LogP contribution is -2.47. The van der Waals surface area contributed by atoms with E-state index in [9.17, 15) is 0 Å². The number of guanidine groups is 1. The molecule has 7 heteroatoms. The number of hydrogen-bond acceptors (Lipinski definition) is 3. The van der Waals surface area contributed by atoms with Crippen molar-refractivity contribution in [1.82, 2.24) is 15.2 Å². The molecular formula is C12H18ClN5S. The first-order valence-electron chi connectivity index (χ1n) is 6.05.